The van der Waals surface area contributed by atoms with Crippen LogP contribution in [-0.4, -0.2) is 52.6 Å². The van der Waals surface area contributed by atoms with Gasteiger partial charge in [-0.25, -0.2) is 4.79 Å². The summed E-state index contributed by atoms with van der Waals surface area (Å²) in [5, 5.41) is 0. The molecule has 2 fully saturated rings. The molecule has 2 aliphatic rings. The van der Waals surface area contributed by atoms with E-state index in [4.69, 9.17) is 4.74 Å². The predicted molar refractivity (Wildman–Crippen MR) is 76.4 cm³/mol. The SMILES string of the molecule is CC1CN(C(=O)OC(C)(C)C)CC(=O)N1C1CCCC1. The molecule has 2 amide bonds. The standard InChI is InChI=1S/C15H26N2O3/c1-11-9-16(14(19)20-15(2,3)4)10-13(18)17(11)12-7-5-6-8-12/h11-12H,5-10H2,1-4H3. The van der Waals surface area contributed by atoms with Gasteiger partial charge in [0.05, 0.1) is 0 Å². The first kappa shape index (κ1) is 15.1. The zero-order valence-corrected chi connectivity index (χ0v) is 13.0. The average Bonchev–Trinajstić information content (AvgIpc) is 2.79. The molecule has 20 heavy (non-hydrogen) atoms. The van der Waals surface area contributed by atoms with Crippen LogP contribution in [0.2, 0.25) is 0 Å². The van der Waals surface area contributed by atoms with Gasteiger partial charge in [-0.1, -0.05) is 12.8 Å². The van der Waals surface area contributed by atoms with Crippen molar-refractivity contribution in [1.82, 2.24) is 9.80 Å². The first-order valence-electron chi connectivity index (χ1n) is 7.57. The van der Waals surface area contributed by atoms with Crippen molar-refractivity contribution in [3.8, 4) is 0 Å². The summed E-state index contributed by atoms with van der Waals surface area (Å²) in [6.07, 6.45) is 4.22. The van der Waals surface area contributed by atoms with Crippen LogP contribution in [0.5, 0.6) is 0 Å². The van der Waals surface area contributed by atoms with Crippen molar-refractivity contribution in [3.63, 3.8) is 0 Å². The number of piperazine rings is 1. The molecule has 0 spiro atoms. The van der Waals surface area contributed by atoms with E-state index in [-0.39, 0.29) is 24.6 Å². The quantitative estimate of drug-likeness (QED) is 0.742. The van der Waals surface area contributed by atoms with E-state index in [1.54, 1.807) is 0 Å². The molecule has 1 aliphatic carbocycles. The Hall–Kier alpha value is -1.26. The van der Waals surface area contributed by atoms with Crippen LogP contribution in [0, 0.1) is 0 Å². The second kappa shape index (κ2) is 5.62. The summed E-state index contributed by atoms with van der Waals surface area (Å²) in [6, 6.07) is 0.449. The number of nitrogens with zero attached hydrogens (tertiary/aromatic N) is 2. The monoisotopic (exact) mass is 282 g/mol. The maximum atomic E-state index is 12.3. The van der Waals surface area contributed by atoms with Crippen molar-refractivity contribution in [2.45, 2.75) is 71.1 Å². The molecule has 0 radical (unpaired) electrons. The van der Waals surface area contributed by atoms with E-state index in [9.17, 15) is 9.59 Å². The van der Waals surface area contributed by atoms with Crippen LogP contribution >= 0.6 is 0 Å². The van der Waals surface area contributed by atoms with Crippen LogP contribution in [0.3, 0.4) is 0 Å². The van der Waals surface area contributed by atoms with E-state index < -0.39 is 5.60 Å². The number of hydrogen-bond acceptors (Lipinski definition) is 3. The molecule has 1 saturated carbocycles. The van der Waals surface area contributed by atoms with Crippen molar-refractivity contribution in [1.29, 1.82) is 0 Å². The van der Waals surface area contributed by atoms with Gasteiger partial charge in [-0.15, -0.1) is 0 Å². The summed E-state index contributed by atoms with van der Waals surface area (Å²) in [5.41, 5.74) is -0.522. The predicted octanol–water partition coefficient (Wildman–Crippen LogP) is 2.40. The summed E-state index contributed by atoms with van der Waals surface area (Å²) in [5.74, 6) is 0.0570. The lowest BCUT2D eigenvalue weighted by Gasteiger charge is -2.42. The Bertz CT molecular complexity index is 383. The molecular weight excluding hydrogens is 256 g/mol. The molecule has 2 rings (SSSR count). The van der Waals surface area contributed by atoms with E-state index in [0.29, 0.717) is 12.6 Å². The van der Waals surface area contributed by atoms with Gasteiger partial charge in [0.25, 0.3) is 0 Å². The molecule has 1 aliphatic heterocycles. The minimum absolute atomic E-state index is 0.0570. The van der Waals surface area contributed by atoms with Crippen LogP contribution in [0.4, 0.5) is 4.79 Å². The van der Waals surface area contributed by atoms with Crippen LogP contribution in [0.1, 0.15) is 53.4 Å². The third kappa shape index (κ3) is 3.44. The third-order valence-corrected chi connectivity index (χ3v) is 3.94. The number of amides is 2. The molecular formula is C15H26N2O3. The highest BCUT2D eigenvalue weighted by Gasteiger charge is 2.38. The summed E-state index contributed by atoms with van der Waals surface area (Å²) >= 11 is 0. The Balaban J connectivity index is 1.98. The van der Waals surface area contributed by atoms with E-state index >= 15 is 0 Å². The number of rotatable bonds is 1. The second-order valence-electron chi connectivity index (χ2n) is 6.95. The molecule has 0 bridgehead atoms. The summed E-state index contributed by atoms with van der Waals surface area (Å²) in [4.78, 5) is 27.9. The summed E-state index contributed by atoms with van der Waals surface area (Å²) in [6.45, 7) is 8.25. The Morgan fingerprint density at radius 2 is 1.85 bits per heavy atom. The number of ether oxygens (including phenoxy) is 1. The van der Waals surface area contributed by atoms with Crippen LogP contribution < -0.4 is 0 Å². The molecule has 1 heterocycles. The lowest BCUT2D eigenvalue weighted by Crippen LogP contribution is -2.59. The number of carbonyl (C=O) groups is 2. The average molecular weight is 282 g/mol. The van der Waals surface area contributed by atoms with Gasteiger partial charge < -0.3 is 9.64 Å². The Kier molecular flexibility index (Phi) is 4.25. The largest absolute Gasteiger partial charge is 0.444 e. The van der Waals surface area contributed by atoms with Gasteiger partial charge in [-0.3, -0.25) is 9.69 Å². The first-order valence-corrected chi connectivity index (χ1v) is 7.57. The highest BCUT2D eigenvalue weighted by atomic mass is 16.6. The fourth-order valence-corrected chi connectivity index (χ4v) is 3.17. The van der Waals surface area contributed by atoms with Gasteiger partial charge in [-0.05, 0) is 40.5 Å². The van der Waals surface area contributed by atoms with Gasteiger partial charge in [0.15, 0.2) is 0 Å². The van der Waals surface area contributed by atoms with Crippen LogP contribution in [0.25, 0.3) is 0 Å². The van der Waals surface area contributed by atoms with Gasteiger partial charge in [0, 0.05) is 18.6 Å². The van der Waals surface area contributed by atoms with Crippen molar-refractivity contribution < 1.29 is 14.3 Å². The maximum Gasteiger partial charge on any atom is 0.410 e. The molecule has 1 unspecified atom stereocenters. The maximum absolute atomic E-state index is 12.3. The molecule has 0 aromatic heterocycles. The van der Waals surface area contributed by atoms with Crippen molar-refractivity contribution in [2.24, 2.45) is 0 Å². The van der Waals surface area contributed by atoms with Crippen molar-refractivity contribution in [3.05, 3.63) is 0 Å². The first-order chi connectivity index (χ1) is 9.28. The topological polar surface area (TPSA) is 49.9 Å². The Labute approximate surface area is 121 Å². The van der Waals surface area contributed by atoms with E-state index in [0.717, 1.165) is 12.8 Å². The molecule has 0 N–H and O–H groups in total. The third-order valence-electron chi connectivity index (χ3n) is 3.94. The van der Waals surface area contributed by atoms with Gasteiger partial charge in [0.1, 0.15) is 12.1 Å². The van der Waals surface area contributed by atoms with Crippen LogP contribution in [0.15, 0.2) is 0 Å². The molecule has 5 nitrogen and oxygen atoms in total. The molecule has 1 saturated heterocycles. The minimum Gasteiger partial charge on any atom is -0.444 e. The molecule has 0 aromatic carbocycles. The highest BCUT2D eigenvalue weighted by molar-refractivity contribution is 5.84. The van der Waals surface area contributed by atoms with Crippen molar-refractivity contribution in [2.75, 3.05) is 13.1 Å². The lowest BCUT2D eigenvalue weighted by molar-refractivity contribution is -0.142. The van der Waals surface area contributed by atoms with Gasteiger partial charge >= 0.3 is 6.09 Å². The smallest absolute Gasteiger partial charge is 0.410 e. The molecule has 114 valence electrons. The van der Waals surface area contributed by atoms with Gasteiger partial charge in [-0.2, -0.15) is 0 Å². The van der Waals surface area contributed by atoms with Crippen LogP contribution in [-0.2, 0) is 9.53 Å². The van der Waals surface area contributed by atoms with E-state index in [1.807, 2.05) is 32.6 Å². The zero-order chi connectivity index (χ0) is 14.9. The molecule has 5 heteroatoms. The van der Waals surface area contributed by atoms with E-state index in [2.05, 4.69) is 0 Å². The number of hydrogen-bond donors (Lipinski definition) is 0. The summed E-state index contributed by atoms with van der Waals surface area (Å²) < 4.78 is 5.35. The fourth-order valence-electron chi connectivity index (χ4n) is 3.17. The molecule has 1 atom stereocenters. The Morgan fingerprint density at radius 1 is 1.25 bits per heavy atom. The molecule has 0 aromatic rings. The highest BCUT2D eigenvalue weighted by Crippen LogP contribution is 2.27. The van der Waals surface area contributed by atoms with Gasteiger partial charge in [0.2, 0.25) is 5.91 Å². The number of carbonyl (C=O) groups excluding carboxylic acids is 2. The fraction of sp³-hybridized carbons (Fsp3) is 0.867. The van der Waals surface area contributed by atoms with E-state index in [1.165, 1.54) is 17.7 Å². The van der Waals surface area contributed by atoms with Crippen molar-refractivity contribution >= 4 is 12.0 Å². The zero-order valence-electron chi connectivity index (χ0n) is 13.0. The summed E-state index contributed by atoms with van der Waals surface area (Å²) in [7, 11) is 0. The lowest BCUT2D eigenvalue weighted by atomic mass is 10.1. The normalized spacial score (nSPS) is 25.2. The minimum atomic E-state index is -0.522. The Morgan fingerprint density at radius 3 is 2.35 bits per heavy atom. The second-order valence-corrected chi connectivity index (χ2v) is 6.95.